The van der Waals surface area contributed by atoms with E-state index in [4.69, 9.17) is 4.74 Å². The molecule has 18 heavy (non-hydrogen) atoms. The van der Waals surface area contributed by atoms with Crippen molar-refractivity contribution in [2.45, 2.75) is 39.3 Å². The van der Waals surface area contributed by atoms with Crippen LogP contribution in [-0.2, 0) is 9.53 Å². The first-order chi connectivity index (χ1) is 8.20. The van der Waals surface area contributed by atoms with Gasteiger partial charge in [-0.1, -0.05) is 6.07 Å². The molecule has 0 fully saturated rings. The summed E-state index contributed by atoms with van der Waals surface area (Å²) in [7, 11) is 1.74. The van der Waals surface area contributed by atoms with Crippen molar-refractivity contribution in [3.63, 3.8) is 0 Å². The van der Waals surface area contributed by atoms with Crippen LogP contribution in [0, 0.1) is 5.82 Å². The average molecular weight is 253 g/mol. The van der Waals surface area contributed by atoms with Gasteiger partial charge in [-0.15, -0.1) is 0 Å². The third kappa shape index (κ3) is 4.02. The highest BCUT2D eigenvalue weighted by molar-refractivity contribution is 5.79. The van der Waals surface area contributed by atoms with E-state index in [-0.39, 0.29) is 11.8 Å². The number of hydrogen-bond donors (Lipinski definition) is 0. The van der Waals surface area contributed by atoms with Gasteiger partial charge in [0.25, 0.3) is 0 Å². The van der Waals surface area contributed by atoms with E-state index in [0.29, 0.717) is 5.69 Å². The van der Waals surface area contributed by atoms with Gasteiger partial charge in [-0.25, -0.2) is 9.18 Å². The molecule has 0 saturated heterocycles. The molecule has 0 N–H and O–H groups in total. The van der Waals surface area contributed by atoms with Crippen molar-refractivity contribution in [1.82, 2.24) is 0 Å². The smallest absolute Gasteiger partial charge is 0.328 e. The van der Waals surface area contributed by atoms with Crippen LogP contribution in [0.5, 0.6) is 0 Å². The number of nitrogens with zero attached hydrogens (tertiary/aromatic N) is 1. The van der Waals surface area contributed by atoms with Crippen molar-refractivity contribution in [3.05, 3.63) is 30.1 Å². The fourth-order valence-electron chi connectivity index (χ4n) is 1.46. The molecule has 3 nitrogen and oxygen atoms in total. The fraction of sp³-hybridized carbons (Fsp3) is 0.500. The maximum absolute atomic E-state index is 13.1. The molecule has 100 valence electrons. The third-order valence-electron chi connectivity index (χ3n) is 2.54. The Kier molecular flexibility index (Phi) is 4.33. The average Bonchev–Trinajstić information content (AvgIpc) is 2.24. The summed E-state index contributed by atoms with van der Waals surface area (Å²) in [6.45, 7) is 7.19. The summed E-state index contributed by atoms with van der Waals surface area (Å²) < 4.78 is 18.4. The second-order valence-electron chi connectivity index (χ2n) is 5.30. The highest BCUT2D eigenvalue weighted by atomic mass is 19.1. The van der Waals surface area contributed by atoms with Crippen LogP contribution >= 0.6 is 0 Å². The molecule has 0 aliphatic heterocycles. The van der Waals surface area contributed by atoms with Gasteiger partial charge in [0.2, 0.25) is 0 Å². The van der Waals surface area contributed by atoms with Crippen LogP contribution in [0.4, 0.5) is 10.1 Å². The Balaban J connectivity index is 2.78. The summed E-state index contributed by atoms with van der Waals surface area (Å²) in [5.74, 6) is -0.648. The van der Waals surface area contributed by atoms with Crippen molar-refractivity contribution in [2.24, 2.45) is 0 Å². The summed E-state index contributed by atoms with van der Waals surface area (Å²) in [6.07, 6.45) is 0. The first-order valence-corrected chi connectivity index (χ1v) is 5.92. The highest BCUT2D eigenvalue weighted by Gasteiger charge is 2.24. The van der Waals surface area contributed by atoms with E-state index in [2.05, 4.69) is 0 Å². The Bertz CT molecular complexity index is 426. The predicted octanol–water partition coefficient (Wildman–Crippen LogP) is 2.99. The minimum Gasteiger partial charge on any atom is -0.458 e. The van der Waals surface area contributed by atoms with Gasteiger partial charge < -0.3 is 9.64 Å². The second-order valence-corrected chi connectivity index (χ2v) is 5.30. The molecule has 1 unspecified atom stereocenters. The lowest BCUT2D eigenvalue weighted by Crippen LogP contribution is -2.40. The van der Waals surface area contributed by atoms with Gasteiger partial charge >= 0.3 is 5.97 Å². The molecular formula is C14H20FNO2. The van der Waals surface area contributed by atoms with Crippen LogP contribution in [0.3, 0.4) is 0 Å². The molecule has 0 radical (unpaired) electrons. The molecule has 1 aromatic carbocycles. The van der Waals surface area contributed by atoms with Gasteiger partial charge in [-0.2, -0.15) is 0 Å². The number of likely N-dealkylation sites (N-methyl/N-ethyl adjacent to an activating group) is 1. The number of benzene rings is 1. The van der Waals surface area contributed by atoms with Crippen molar-refractivity contribution >= 4 is 11.7 Å². The van der Waals surface area contributed by atoms with E-state index in [1.165, 1.54) is 12.1 Å². The molecule has 1 rings (SSSR count). The van der Waals surface area contributed by atoms with Crippen molar-refractivity contribution in [1.29, 1.82) is 0 Å². The van der Waals surface area contributed by atoms with E-state index < -0.39 is 11.6 Å². The number of halogens is 1. The predicted molar refractivity (Wildman–Crippen MR) is 70.1 cm³/mol. The first-order valence-electron chi connectivity index (χ1n) is 5.92. The number of ether oxygens (including phenoxy) is 1. The summed E-state index contributed by atoms with van der Waals surface area (Å²) in [5.41, 5.74) is 0.127. The number of esters is 1. The summed E-state index contributed by atoms with van der Waals surface area (Å²) >= 11 is 0. The lowest BCUT2D eigenvalue weighted by atomic mass is 10.2. The van der Waals surface area contributed by atoms with E-state index >= 15 is 0 Å². The highest BCUT2D eigenvalue weighted by Crippen LogP contribution is 2.18. The van der Waals surface area contributed by atoms with E-state index in [1.54, 1.807) is 31.0 Å². The van der Waals surface area contributed by atoms with Gasteiger partial charge in [0.05, 0.1) is 0 Å². The number of carbonyl (C=O) groups is 1. The van der Waals surface area contributed by atoms with E-state index in [1.807, 2.05) is 20.8 Å². The molecule has 0 aromatic heterocycles. The SMILES string of the molecule is CC(C(=O)OC(C)(C)C)N(C)c1cccc(F)c1. The Morgan fingerprint density at radius 3 is 2.50 bits per heavy atom. The molecule has 0 spiro atoms. The lowest BCUT2D eigenvalue weighted by molar-refractivity contribution is -0.155. The quantitative estimate of drug-likeness (QED) is 0.776. The number of anilines is 1. The molecule has 0 aliphatic rings. The molecule has 0 aliphatic carbocycles. The molecule has 0 saturated carbocycles. The van der Waals surface area contributed by atoms with Crippen molar-refractivity contribution in [3.8, 4) is 0 Å². The van der Waals surface area contributed by atoms with Gasteiger partial charge in [0.1, 0.15) is 17.5 Å². The zero-order valence-corrected chi connectivity index (χ0v) is 11.5. The summed E-state index contributed by atoms with van der Waals surface area (Å²) in [4.78, 5) is 13.6. The zero-order valence-electron chi connectivity index (χ0n) is 11.5. The van der Waals surface area contributed by atoms with Crippen LogP contribution in [0.15, 0.2) is 24.3 Å². The minimum atomic E-state index is -0.520. The van der Waals surface area contributed by atoms with Crippen LogP contribution < -0.4 is 4.90 Å². The summed E-state index contributed by atoms with van der Waals surface area (Å²) in [5, 5.41) is 0. The Hall–Kier alpha value is -1.58. The molecule has 0 bridgehead atoms. The van der Waals surface area contributed by atoms with Crippen LogP contribution in [0.1, 0.15) is 27.7 Å². The topological polar surface area (TPSA) is 29.5 Å². The van der Waals surface area contributed by atoms with E-state index in [9.17, 15) is 9.18 Å². The maximum Gasteiger partial charge on any atom is 0.328 e. The van der Waals surface area contributed by atoms with Gasteiger partial charge in [-0.05, 0) is 45.9 Å². The lowest BCUT2D eigenvalue weighted by Gasteiger charge is -2.29. The standard InChI is InChI=1S/C14H20FNO2/c1-10(13(17)18-14(2,3)4)16(5)12-8-6-7-11(15)9-12/h6-10H,1-5H3. The van der Waals surface area contributed by atoms with Crippen LogP contribution in [0.25, 0.3) is 0 Å². The number of hydrogen-bond acceptors (Lipinski definition) is 3. The normalized spacial score (nSPS) is 13.0. The van der Waals surface area contributed by atoms with Gasteiger partial charge in [0, 0.05) is 12.7 Å². The molecule has 0 heterocycles. The fourth-order valence-corrected chi connectivity index (χ4v) is 1.46. The Morgan fingerprint density at radius 2 is 2.00 bits per heavy atom. The third-order valence-corrected chi connectivity index (χ3v) is 2.54. The number of carbonyl (C=O) groups excluding carboxylic acids is 1. The zero-order chi connectivity index (χ0) is 13.9. The maximum atomic E-state index is 13.1. The minimum absolute atomic E-state index is 0.323. The molecular weight excluding hydrogens is 233 g/mol. The van der Waals surface area contributed by atoms with Crippen molar-refractivity contribution in [2.75, 3.05) is 11.9 Å². The van der Waals surface area contributed by atoms with Crippen LogP contribution in [0.2, 0.25) is 0 Å². The molecule has 1 atom stereocenters. The number of rotatable bonds is 3. The Morgan fingerprint density at radius 1 is 1.39 bits per heavy atom. The van der Waals surface area contributed by atoms with Crippen molar-refractivity contribution < 1.29 is 13.9 Å². The first kappa shape index (κ1) is 14.5. The molecule has 0 amide bonds. The molecule has 4 heteroatoms. The second kappa shape index (κ2) is 5.38. The van der Waals surface area contributed by atoms with Crippen LogP contribution in [-0.4, -0.2) is 24.7 Å². The largest absolute Gasteiger partial charge is 0.458 e. The Labute approximate surface area is 108 Å². The van der Waals surface area contributed by atoms with Gasteiger partial charge in [0.15, 0.2) is 0 Å². The van der Waals surface area contributed by atoms with E-state index in [0.717, 1.165) is 0 Å². The monoisotopic (exact) mass is 253 g/mol. The molecule has 1 aromatic rings. The summed E-state index contributed by atoms with van der Waals surface area (Å²) in [6, 6.07) is 5.66. The van der Waals surface area contributed by atoms with Gasteiger partial charge in [-0.3, -0.25) is 0 Å².